The largest absolute Gasteiger partial charge is 0.378 e. The molecule has 6 rings (SSSR count). The SMILES string of the molecule is O=C1C=CCC2=CC=CNC12.O=C1C=CCC2=CC=CNC12.O=C1C=CCC2=CC=CNC12.[Al]. The van der Waals surface area contributed by atoms with E-state index in [1.165, 1.54) is 16.7 Å². The summed E-state index contributed by atoms with van der Waals surface area (Å²) in [6, 6.07) is -0.236. The van der Waals surface area contributed by atoms with E-state index in [4.69, 9.17) is 0 Å². The fraction of sp³-hybridized carbons (Fsp3) is 0.222. The van der Waals surface area contributed by atoms with E-state index in [9.17, 15) is 14.4 Å². The molecule has 3 atom stereocenters. The third kappa shape index (κ3) is 6.13. The molecular formula is C27H27AlN3O3. The van der Waals surface area contributed by atoms with Crippen molar-refractivity contribution in [3.05, 3.63) is 108 Å². The first-order valence-electron chi connectivity index (χ1n) is 11.1. The van der Waals surface area contributed by atoms with Gasteiger partial charge in [0.25, 0.3) is 0 Å². The normalized spacial score (nSPS) is 26.6. The summed E-state index contributed by atoms with van der Waals surface area (Å²) in [5.74, 6) is 0.477. The van der Waals surface area contributed by atoms with Crippen molar-refractivity contribution in [2.24, 2.45) is 0 Å². The van der Waals surface area contributed by atoms with Crippen LogP contribution in [0.3, 0.4) is 0 Å². The van der Waals surface area contributed by atoms with Gasteiger partial charge in [0.2, 0.25) is 0 Å². The van der Waals surface area contributed by atoms with Crippen LogP contribution < -0.4 is 16.0 Å². The van der Waals surface area contributed by atoms with Crippen molar-refractivity contribution in [1.29, 1.82) is 0 Å². The molecule has 0 aromatic rings. The van der Waals surface area contributed by atoms with Gasteiger partial charge < -0.3 is 16.0 Å². The molecule has 3 aliphatic carbocycles. The molecule has 0 spiro atoms. The number of carbonyl (C=O) groups is 3. The average molecular weight is 469 g/mol. The number of nitrogens with one attached hydrogen (secondary N) is 3. The van der Waals surface area contributed by atoms with Crippen LogP contribution in [-0.2, 0) is 14.4 Å². The lowest BCUT2D eigenvalue weighted by atomic mass is 9.93. The molecule has 3 N–H and O–H groups in total. The van der Waals surface area contributed by atoms with Crippen LogP contribution in [0.1, 0.15) is 19.3 Å². The van der Waals surface area contributed by atoms with Crippen molar-refractivity contribution in [2.75, 3.05) is 0 Å². The second-order valence-corrected chi connectivity index (χ2v) is 8.13. The van der Waals surface area contributed by atoms with E-state index >= 15 is 0 Å². The van der Waals surface area contributed by atoms with Gasteiger partial charge >= 0.3 is 0 Å². The summed E-state index contributed by atoms with van der Waals surface area (Å²) in [6.45, 7) is 0. The Bertz CT molecular complexity index is 964. The third-order valence-electron chi connectivity index (χ3n) is 5.88. The molecule has 3 aliphatic heterocycles. The van der Waals surface area contributed by atoms with E-state index < -0.39 is 0 Å². The molecule has 34 heavy (non-hydrogen) atoms. The summed E-state index contributed by atoms with van der Waals surface area (Å²) in [5, 5.41) is 9.06. The fourth-order valence-corrected chi connectivity index (χ4v) is 4.15. The minimum absolute atomic E-state index is 0. The molecule has 6 nitrogen and oxygen atoms in total. The Balaban J connectivity index is 0.000000141. The van der Waals surface area contributed by atoms with Crippen molar-refractivity contribution in [1.82, 2.24) is 16.0 Å². The molecule has 3 heterocycles. The van der Waals surface area contributed by atoms with E-state index in [1.807, 2.05) is 73.3 Å². The predicted octanol–water partition coefficient (Wildman–Crippen LogP) is 2.40. The third-order valence-corrected chi connectivity index (χ3v) is 5.88. The molecule has 7 heteroatoms. The van der Waals surface area contributed by atoms with E-state index in [0.717, 1.165) is 19.3 Å². The highest BCUT2D eigenvalue weighted by molar-refractivity contribution is 5.99. The second kappa shape index (κ2) is 12.2. The van der Waals surface area contributed by atoms with Crippen LogP contribution in [0.15, 0.2) is 108 Å². The van der Waals surface area contributed by atoms with Gasteiger partial charge in [-0.2, -0.15) is 0 Å². The minimum atomic E-state index is -0.0787. The van der Waals surface area contributed by atoms with Crippen LogP contribution in [-0.4, -0.2) is 52.8 Å². The van der Waals surface area contributed by atoms with Crippen LogP contribution in [0.25, 0.3) is 0 Å². The molecular weight excluding hydrogens is 441 g/mol. The van der Waals surface area contributed by atoms with Crippen molar-refractivity contribution in [2.45, 2.75) is 37.4 Å². The van der Waals surface area contributed by atoms with Crippen LogP contribution in [0.2, 0.25) is 0 Å². The Hall–Kier alpha value is -3.40. The molecule has 0 saturated carbocycles. The van der Waals surface area contributed by atoms with Gasteiger partial charge in [-0.1, -0.05) is 36.5 Å². The van der Waals surface area contributed by atoms with Gasteiger partial charge in [0, 0.05) is 17.4 Å². The van der Waals surface area contributed by atoms with Gasteiger partial charge in [0.05, 0.1) is 0 Å². The first kappa shape index (κ1) is 25.2. The van der Waals surface area contributed by atoms with Crippen molar-refractivity contribution in [3.63, 3.8) is 0 Å². The Morgan fingerprint density at radius 3 is 1.09 bits per heavy atom. The van der Waals surface area contributed by atoms with E-state index in [-0.39, 0.29) is 52.8 Å². The summed E-state index contributed by atoms with van der Waals surface area (Å²) < 4.78 is 0. The van der Waals surface area contributed by atoms with Crippen LogP contribution in [0.4, 0.5) is 0 Å². The first-order chi connectivity index (χ1) is 16.1. The van der Waals surface area contributed by atoms with Gasteiger partial charge in [-0.15, -0.1) is 0 Å². The summed E-state index contributed by atoms with van der Waals surface area (Å²) in [4.78, 5) is 33.6. The van der Waals surface area contributed by atoms with E-state index in [2.05, 4.69) is 16.0 Å². The highest BCUT2D eigenvalue weighted by Gasteiger charge is 2.24. The number of allylic oxidation sites excluding steroid dienone is 9. The number of carbonyl (C=O) groups excluding carboxylic acids is 3. The quantitative estimate of drug-likeness (QED) is 0.474. The Kier molecular flexibility index (Phi) is 9.03. The molecule has 0 bridgehead atoms. The summed E-state index contributed by atoms with van der Waals surface area (Å²) >= 11 is 0. The van der Waals surface area contributed by atoms with Crippen LogP contribution in [0.5, 0.6) is 0 Å². The molecule has 0 amide bonds. The zero-order chi connectivity index (χ0) is 23.0. The molecule has 3 unspecified atom stereocenters. The van der Waals surface area contributed by atoms with Gasteiger partial charge in [-0.3, -0.25) is 14.4 Å². The molecule has 0 saturated heterocycles. The maximum atomic E-state index is 11.2. The highest BCUT2D eigenvalue weighted by atomic mass is 27.0. The number of ketones is 3. The summed E-state index contributed by atoms with van der Waals surface area (Å²) in [7, 11) is 0. The maximum Gasteiger partial charge on any atom is 0.181 e. The molecule has 0 aromatic heterocycles. The van der Waals surface area contributed by atoms with Crippen molar-refractivity contribution < 1.29 is 14.4 Å². The Labute approximate surface area is 210 Å². The summed E-state index contributed by atoms with van der Waals surface area (Å²) in [6.07, 6.45) is 30.6. The maximum absolute atomic E-state index is 11.2. The highest BCUT2D eigenvalue weighted by Crippen LogP contribution is 2.19. The van der Waals surface area contributed by atoms with Crippen molar-refractivity contribution in [3.8, 4) is 0 Å². The van der Waals surface area contributed by atoms with E-state index in [0.29, 0.717) is 0 Å². The number of hydrogen-bond donors (Lipinski definition) is 3. The molecule has 6 aliphatic rings. The van der Waals surface area contributed by atoms with Gasteiger partial charge in [0.15, 0.2) is 17.3 Å². The first-order valence-corrected chi connectivity index (χ1v) is 11.1. The molecule has 171 valence electrons. The molecule has 0 aromatic carbocycles. The monoisotopic (exact) mass is 468 g/mol. The topological polar surface area (TPSA) is 87.3 Å². The number of rotatable bonds is 0. The number of dihydropyridines is 3. The number of hydrogen-bond acceptors (Lipinski definition) is 6. The van der Waals surface area contributed by atoms with Crippen molar-refractivity contribution >= 4 is 34.7 Å². The van der Waals surface area contributed by atoms with Gasteiger partial charge in [-0.05, 0) is 91.0 Å². The Morgan fingerprint density at radius 2 is 0.824 bits per heavy atom. The Morgan fingerprint density at radius 1 is 0.529 bits per heavy atom. The zero-order valence-electron chi connectivity index (χ0n) is 18.8. The minimum Gasteiger partial charge on any atom is -0.378 e. The zero-order valence-corrected chi connectivity index (χ0v) is 20.0. The lowest BCUT2D eigenvalue weighted by Gasteiger charge is -2.22. The lowest BCUT2D eigenvalue weighted by molar-refractivity contribution is -0.116. The van der Waals surface area contributed by atoms with Gasteiger partial charge in [0.1, 0.15) is 18.1 Å². The van der Waals surface area contributed by atoms with Gasteiger partial charge in [-0.25, -0.2) is 0 Å². The molecule has 3 radical (unpaired) electrons. The lowest BCUT2D eigenvalue weighted by Crippen LogP contribution is -2.37. The fourth-order valence-electron chi connectivity index (χ4n) is 4.15. The second-order valence-electron chi connectivity index (χ2n) is 8.13. The van der Waals surface area contributed by atoms with Crippen LogP contribution >= 0.6 is 0 Å². The summed E-state index contributed by atoms with van der Waals surface area (Å²) in [5.41, 5.74) is 3.50. The number of fused-ring (bicyclic) bond motifs is 3. The van der Waals surface area contributed by atoms with E-state index in [1.54, 1.807) is 18.2 Å². The average Bonchev–Trinajstić information content (AvgIpc) is 2.86. The smallest absolute Gasteiger partial charge is 0.181 e. The van der Waals surface area contributed by atoms with Crippen LogP contribution in [0, 0.1) is 0 Å². The predicted molar refractivity (Wildman–Crippen MR) is 134 cm³/mol. The molecule has 0 fully saturated rings. The standard InChI is InChI=1S/3C9H9NO.Al/c3*11-8-5-1-3-7-4-2-6-10-9(7)8;/h3*1-2,4-6,9-10H,3H2;.